The molecule has 1 aromatic carbocycles. The van der Waals surface area contributed by atoms with Crippen molar-refractivity contribution in [1.29, 1.82) is 0 Å². The lowest BCUT2D eigenvalue weighted by molar-refractivity contribution is 0.0901. The highest BCUT2D eigenvalue weighted by Crippen LogP contribution is 2.25. The predicted molar refractivity (Wildman–Crippen MR) is 73.4 cm³/mol. The van der Waals surface area contributed by atoms with Gasteiger partial charge in [0.1, 0.15) is 0 Å². The van der Waals surface area contributed by atoms with Gasteiger partial charge in [-0.3, -0.25) is 4.90 Å². The van der Waals surface area contributed by atoms with Crippen LogP contribution < -0.4 is 5.73 Å². The highest BCUT2D eigenvalue weighted by Gasteiger charge is 2.20. The average Bonchev–Trinajstić information content (AvgIpc) is 2.90. The van der Waals surface area contributed by atoms with Gasteiger partial charge < -0.3 is 10.5 Å². The number of hydrogen-bond donors (Lipinski definition) is 1. The molecule has 0 saturated carbocycles. The molecule has 0 radical (unpaired) electrons. The summed E-state index contributed by atoms with van der Waals surface area (Å²) in [6.07, 6.45) is 5.28. The summed E-state index contributed by atoms with van der Waals surface area (Å²) < 4.78 is 5.69. The monoisotopic (exact) mass is 246 g/mol. The van der Waals surface area contributed by atoms with Crippen LogP contribution in [0, 0.1) is 0 Å². The molecule has 0 aliphatic carbocycles. The van der Waals surface area contributed by atoms with Gasteiger partial charge in [-0.1, -0.05) is 12.1 Å². The van der Waals surface area contributed by atoms with Crippen LogP contribution in [0.5, 0.6) is 0 Å². The largest absolute Gasteiger partial charge is 0.398 e. The van der Waals surface area contributed by atoms with Gasteiger partial charge in [0.15, 0.2) is 0 Å². The highest BCUT2D eigenvalue weighted by molar-refractivity contribution is 5.51. The van der Waals surface area contributed by atoms with Crippen LogP contribution >= 0.6 is 0 Å². The standard InChI is InChI=1S/C15H22N2O/c16-15-5-1-3-12-6-8-17(11-14(12)15)9-7-13-4-2-10-18-13/h1,3,5,13H,2,4,6-11,16H2. The molecule has 1 saturated heterocycles. The molecule has 0 bridgehead atoms. The van der Waals surface area contributed by atoms with E-state index in [1.54, 1.807) is 0 Å². The normalized spacial score (nSPS) is 24.1. The summed E-state index contributed by atoms with van der Waals surface area (Å²) in [5.74, 6) is 0. The number of anilines is 1. The molecule has 18 heavy (non-hydrogen) atoms. The summed E-state index contributed by atoms with van der Waals surface area (Å²) in [5, 5.41) is 0. The maximum absolute atomic E-state index is 6.07. The number of ether oxygens (including phenoxy) is 1. The quantitative estimate of drug-likeness (QED) is 0.831. The van der Waals surface area contributed by atoms with Crippen molar-refractivity contribution in [2.45, 2.75) is 38.3 Å². The van der Waals surface area contributed by atoms with Gasteiger partial charge in [-0.2, -0.15) is 0 Å². The van der Waals surface area contributed by atoms with E-state index in [9.17, 15) is 0 Å². The van der Waals surface area contributed by atoms with Crippen LogP contribution in [0.25, 0.3) is 0 Å². The lowest BCUT2D eigenvalue weighted by atomic mass is 9.98. The minimum Gasteiger partial charge on any atom is -0.398 e. The van der Waals surface area contributed by atoms with Crippen LogP contribution in [-0.4, -0.2) is 30.7 Å². The Bertz CT molecular complexity index is 413. The van der Waals surface area contributed by atoms with Crippen LogP contribution in [0.2, 0.25) is 0 Å². The number of nitrogens with two attached hydrogens (primary N) is 1. The van der Waals surface area contributed by atoms with Gasteiger partial charge in [-0.25, -0.2) is 0 Å². The zero-order chi connectivity index (χ0) is 12.4. The molecule has 1 fully saturated rings. The molecule has 3 rings (SSSR count). The van der Waals surface area contributed by atoms with Gasteiger partial charge in [0.2, 0.25) is 0 Å². The fraction of sp³-hybridized carbons (Fsp3) is 0.600. The SMILES string of the molecule is Nc1cccc2c1CN(CCC1CCCO1)CC2. The van der Waals surface area contributed by atoms with E-state index in [1.807, 2.05) is 6.07 Å². The number of fused-ring (bicyclic) bond motifs is 1. The second-order valence-electron chi connectivity index (χ2n) is 5.43. The Balaban J connectivity index is 1.58. The predicted octanol–water partition coefficient (Wildman–Crippen LogP) is 2.20. The number of hydrogen-bond acceptors (Lipinski definition) is 3. The summed E-state index contributed by atoms with van der Waals surface area (Å²) in [7, 11) is 0. The van der Waals surface area contributed by atoms with Crippen LogP contribution in [0.3, 0.4) is 0 Å². The van der Waals surface area contributed by atoms with Crippen LogP contribution in [0.4, 0.5) is 5.69 Å². The number of nitrogens with zero attached hydrogens (tertiary/aromatic N) is 1. The summed E-state index contributed by atoms with van der Waals surface area (Å²) >= 11 is 0. The second kappa shape index (κ2) is 5.29. The molecule has 2 N–H and O–H groups in total. The van der Waals surface area contributed by atoms with Crippen molar-refractivity contribution in [3.63, 3.8) is 0 Å². The van der Waals surface area contributed by atoms with Crippen molar-refractivity contribution in [2.75, 3.05) is 25.4 Å². The average molecular weight is 246 g/mol. The first-order valence-corrected chi connectivity index (χ1v) is 7.03. The van der Waals surface area contributed by atoms with Gasteiger partial charge in [-0.15, -0.1) is 0 Å². The van der Waals surface area contributed by atoms with Crippen LogP contribution in [-0.2, 0) is 17.7 Å². The Morgan fingerprint density at radius 1 is 1.39 bits per heavy atom. The third kappa shape index (κ3) is 2.52. The molecule has 0 aromatic heterocycles. The zero-order valence-electron chi connectivity index (χ0n) is 10.9. The van der Waals surface area contributed by atoms with Gasteiger partial charge in [0.05, 0.1) is 6.10 Å². The van der Waals surface area contributed by atoms with Gasteiger partial charge in [0.25, 0.3) is 0 Å². The Hall–Kier alpha value is -1.06. The maximum atomic E-state index is 6.07. The molecule has 0 spiro atoms. The highest BCUT2D eigenvalue weighted by atomic mass is 16.5. The molecule has 0 amide bonds. The van der Waals surface area contributed by atoms with E-state index in [0.717, 1.165) is 38.3 Å². The molecule has 1 aromatic rings. The van der Waals surface area contributed by atoms with Crippen molar-refractivity contribution in [2.24, 2.45) is 0 Å². The third-order valence-corrected chi connectivity index (χ3v) is 4.18. The van der Waals surface area contributed by atoms with Crippen molar-refractivity contribution < 1.29 is 4.74 Å². The third-order valence-electron chi connectivity index (χ3n) is 4.18. The maximum Gasteiger partial charge on any atom is 0.0588 e. The molecular formula is C15H22N2O. The molecule has 98 valence electrons. The topological polar surface area (TPSA) is 38.5 Å². The first-order chi connectivity index (χ1) is 8.83. The molecule has 2 aliphatic rings. The fourth-order valence-electron chi connectivity index (χ4n) is 3.05. The number of benzene rings is 1. The summed E-state index contributed by atoms with van der Waals surface area (Å²) in [6, 6.07) is 6.29. The molecule has 2 aliphatic heterocycles. The van der Waals surface area contributed by atoms with Gasteiger partial charge in [0, 0.05) is 31.9 Å². The second-order valence-corrected chi connectivity index (χ2v) is 5.43. The van der Waals surface area contributed by atoms with Crippen molar-refractivity contribution >= 4 is 5.69 Å². The fourth-order valence-corrected chi connectivity index (χ4v) is 3.05. The molecule has 2 heterocycles. The number of nitrogen functional groups attached to an aromatic ring is 1. The van der Waals surface area contributed by atoms with E-state index in [1.165, 1.54) is 30.4 Å². The Morgan fingerprint density at radius 2 is 2.33 bits per heavy atom. The molecule has 3 heteroatoms. The minimum atomic E-state index is 0.500. The number of rotatable bonds is 3. The molecular weight excluding hydrogens is 224 g/mol. The Kier molecular flexibility index (Phi) is 3.52. The lowest BCUT2D eigenvalue weighted by Gasteiger charge is -2.30. The zero-order valence-corrected chi connectivity index (χ0v) is 10.9. The first-order valence-electron chi connectivity index (χ1n) is 7.03. The smallest absolute Gasteiger partial charge is 0.0588 e. The van der Waals surface area contributed by atoms with E-state index >= 15 is 0 Å². The van der Waals surface area contributed by atoms with E-state index in [4.69, 9.17) is 10.5 Å². The van der Waals surface area contributed by atoms with E-state index in [2.05, 4.69) is 17.0 Å². The van der Waals surface area contributed by atoms with Gasteiger partial charge >= 0.3 is 0 Å². The van der Waals surface area contributed by atoms with Crippen LogP contribution in [0.15, 0.2) is 18.2 Å². The molecule has 1 atom stereocenters. The lowest BCUT2D eigenvalue weighted by Crippen LogP contribution is -2.33. The summed E-state index contributed by atoms with van der Waals surface area (Å²) in [4.78, 5) is 2.51. The minimum absolute atomic E-state index is 0.500. The van der Waals surface area contributed by atoms with Crippen molar-refractivity contribution in [1.82, 2.24) is 4.90 Å². The van der Waals surface area contributed by atoms with E-state index in [-0.39, 0.29) is 0 Å². The van der Waals surface area contributed by atoms with E-state index in [0.29, 0.717) is 6.10 Å². The Morgan fingerprint density at radius 3 is 3.17 bits per heavy atom. The van der Waals surface area contributed by atoms with E-state index < -0.39 is 0 Å². The molecule has 3 nitrogen and oxygen atoms in total. The van der Waals surface area contributed by atoms with Gasteiger partial charge in [-0.05, 0) is 42.9 Å². The van der Waals surface area contributed by atoms with Crippen molar-refractivity contribution in [3.05, 3.63) is 29.3 Å². The molecule has 1 unspecified atom stereocenters. The van der Waals surface area contributed by atoms with Crippen LogP contribution in [0.1, 0.15) is 30.4 Å². The summed E-state index contributed by atoms with van der Waals surface area (Å²) in [6.45, 7) is 4.26. The summed E-state index contributed by atoms with van der Waals surface area (Å²) in [5.41, 5.74) is 9.80. The first kappa shape index (κ1) is 12.0. The Labute approximate surface area is 109 Å². The van der Waals surface area contributed by atoms with Crippen molar-refractivity contribution in [3.8, 4) is 0 Å².